The van der Waals surface area contributed by atoms with E-state index in [9.17, 15) is 9.59 Å². The van der Waals surface area contributed by atoms with E-state index < -0.39 is 47.6 Å². The third kappa shape index (κ3) is 20.2. The molecule has 0 aromatic carbocycles. The first kappa shape index (κ1) is 68.3. The molecule has 0 aliphatic heterocycles. The van der Waals surface area contributed by atoms with Crippen LogP contribution in [0.15, 0.2) is 78.6 Å². The summed E-state index contributed by atoms with van der Waals surface area (Å²) < 4.78 is 40.5. The van der Waals surface area contributed by atoms with Crippen molar-refractivity contribution in [2.45, 2.75) is 150 Å². The SMILES string of the molecule is Cn1cc(-c2cc3nc(Br)cnc3n2COCC[Si](C)(C)C)cn1.Cn1cc(-c2cc3nc(N(N)C(=O)OC(C)(C)C)cnc3n2COCC[Si](C)(C)C)cn1.Cn1cc(-c2cc3nc(NNC(=O)OC(C)(C)C)cnc3n2COCC[Si](C)(C)C)cn1. The third-order valence-corrected chi connectivity index (χ3v) is 18.4. The first-order valence-electron chi connectivity index (χ1n) is 29.1. The van der Waals surface area contributed by atoms with Gasteiger partial charge in [-0.05, 0) is 93.8 Å². The maximum absolute atomic E-state index is 12.3. The predicted octanol–water partition coefficient (Wildman–Crippen LogP) is 11.7. The molecule has 9 aromatic rings. The van der Waals surface area contributed by atoms with Crippen molar-refractivity contribution in [1.82, 2.24) is 78.4 Å². The molecule has 9 heterocycles. The number of nitrogens with two attached hydrogens (primary N) is 1. The van der Waals surface area contributed by atoms with Gasteiger partial charge in [0.1, 0.15) is 52.5 Å². The van der Waals surface area contributed by atoms with Crippen LogP contribution in [0.25, 0.3) is 67.3 Å². The number of hydrazine groups is 2. The highest BCUT2D eigenvalue weighted by molar-refractivity contribution is 9.10. The summed E-state index contributed by atoms with van der Waals surface area (Å²) in [5.74, 6) is 6.55. The van der Waals surface area contributed by atoms with Crippen molar-refractivity contribution in [3.8, 4) is 33.8 Å². The Labute approximate surface area is 526 Å². The van der Waals surface area contributed by atoms with Crippen LogP contribution in [0.3, 0.4) is 0 Å². The molecule has 0 bridgehead atoms. The maximum Gasteiger partial charge on any atom is 0.430 e. The number of nitrogens with zero attached hydrogens (tertiary/aromatic N) is 16. The highest BCUT2D eigenvalue weighted by Gasteiger charge is 2.25. The largest absolute Gasteiger partial charge is 0.443 e. The van der Waals surface area contributed by atoms with Gasteiger partial charge in [-0.15, -0.1) is 0 Å². The Morgan fingerprint density at radius 2 is 0.920 bits per heavy atom. The van der Waals surface area contributed by atoms with Gasteiger partial charge in [0, 0.05) is 100 Å². The van der Waals surface area contributed by atoms with Crippen LogP contribution in [0.1, 0.15) is 41.5 Å². The molecular weight excluding hydrogens is 1240 g/mol. The van der Waals surface area contributed by atoms with Gasteiger partial charge in [-0.3, -0.25) is 33.2 Å². The lowest BCUT2D eigenvalue weighted by Crippen LogP contribution is -2.42. The maximum atomic E-state index is 12.3. The summed E-state index contributed by atoms with van der Waals surface area (Å²) in [5, 5.41) is 13.7. The summed E-state index contributed by atoms with van der Waals surface area (Å²) in [6, 6.07) is 9.18. The number of aromatic nitrogens is 15. The van der Waals surface area contributed by atoms with Gasteiger partial charge in [-0.25, -0.2) is 50.8 Å². The minimum absolute atomic E-state index is 0.196. The molecule has 0 fully saturated rings. The Morgan fingerprint density at radius 3 is 1.30 bits per heavy atom. The molecular formula is C58H88BrN19O7Si3. The molecule has 0 aliphatic carbocycles. The van der Waals surface area contributed by atoms with E-state index >= 15 is 0 Å². The van der Waals surface area contributed by atoms with Gasteiger partial charge in [0.05, 0.1) is 54.3 Å². The number of hydrogen-bond acceptors (Lipinski definition) is 18. The van der Waals surface area contributed by atoms with Crippen LogP contribution in [0.5, 0.6) is 0 Å². The van der Waals surface area contributed by atoms with Crippen molar-refractivity contribution in [3.05, 3.63) is 78.6 Å². The minimum atomic E-state index is -1.19. The number of rotatable bonds is 21. The van der Waals surface area contributed by atoms with Crippen molar-refractivity contribution in [2.24, 2.45) is 27.0 Å². The molecule has 0 spiro atoms. The number of aryl methyl sites for hydroxylation is 3. The molecule has 2 amide bonds. The van der Waals surface area contributed by atoms with E-state index in [-0.39, 0.29) is 5.82 Å². The first-order chi connectivity index (χ1) is 41.1. The normalized spacial score (nSPS) is 12.3. The number of nitrogens with one attached hydrogen (secondary N) is 2. The Kier molecular flexibility index (Phi) is 22.1. The molecule has 0 aliphatic rings. The highest BCUT2D eigenvalue weighted by atomic mass is 79.9. The van der Waals surface area contributed by atoms with Gasteiger partial charge in [0.25, 0.3) is 0 Å². The van der Waals surface area contributed by atoms with Crippen LogP contribution >= 0.6 is 15.9 Å². The molecule has 0 saturated carbocycles. The van der Waals surface area contributed by atoms with Crippen molar-refractivity contribution >= 4 is 97.5 Å². The predicted molar refractivity (Wildman–Crippen MR) is 355 cm³/mol. The van der Waals surface area contributed by atoms with Crippen LogP contribution in [0.2, 0.25) is 77.1 Å². The fourth-order valence-corrected chi connectivity index (χ4v) is 11.0. The number of halogens is 1. The summed E-state index contributed by atoms with van der Waals surface area (Å²) in [4.78, 5) is 51.5. The van der Waals surface area contributed by atoms with E-state index in [1.165, 1.54) is 6.20 Å². The third-order valence-electron chi connectivity index (χ3n) is 12.9. The standard InChI is InChI=1S/2C21H33N7O3Si.C16H22BrN5OSi/c1-21(2,3)31-20(29)28(22)18-12-23-19-16(25-18)10-17(15-11-24-26(4)13-15)27(19)14-30-8-9-32(5,6)7;1-21(2,3)31-20(29)26-25-18-12-22-19-16(24-18)10-17(15-11-23-27(4)13-15)28(19)14-30-8-9-32(5,6)7;1-21-10-12(8-19-21)14-7-13-16(18-9-15(17)20-13)22(14)11-23-5-6-24(2,3)4/h10-13H,8-9,14,22H2,1-7H3;10-13H,8-9,14H2,1-7H3,(H,24,25)(H,26,29);7-10H,5-6,11H2,1-4H3. The molecule has 4 N–H and O–H groups in total. The molecule has 9 rings (SSSR count). The van der Waals surface area contributed by atoms with Crippen molar-refractivity contribution in [1.29, 1.82) is 0 Å². The monoisotopic (exact) mass is 1330 g/mol. The van der Waals surface area contributed by atoms with Crippen LogP contribution in [-0.2, 0) is 65.0 Å². The number of amides is 2. The molecule has 26 nitrogen and oxygen atoms in total. The second-order valence-electron chi connectivity index (χ2n) is 27.0. The lowest BCUT2D eigenvalue weighted by Gasteiger charge is -2.23. The fourth-order valence-electron chi connectivity index (χ4n) is 8.41. The van der Waals surface area contributed by atoms with E-state index in [1.807, 2.05) is 73.3 Å². The Hall–Kier alpha value is -7.20. The van der Waals surface area contributed by atoms with Crippen molar-refractivity contribution in [2.75, 3.05) is 30.3 Å². The quantitative estimate of drug-likeness (QED) is 0.0198. The van der Waals surface area contributed by atoms with Crippen LogP contribution in [-0.4, -0.2) is 140 Å². The average molecular weight is 1330 g/mol. The van der Waals surface area contributed by atoms with Gasteiger partial charge >= 0.3 is 12.2 Å². The summed E-state index contributed by atoms with van der Waals surface area (Å²) >= 11 is 3.39. The molecule has 88 heavy (non-hydrogen) atoms. The van der Waals surface area contributed by atoms with Gasteiger partial charge < -0.3 is 23.7 Å². The summed E-state index contributed by atoms with van der Waals surface area (Å²) in [6.07, 6.45) is 14.7. The Morgan fingerprint density at radius 1 is 0.545 bits per heavy atom. The summed E-state index contributed by atoms with van der Waals surface area (Å²) in [6.45, 7) is 35.0. The zero-order valence-corrected chi connectivity index (χ0v) is 58.8. The second-order valence-corrected chi connectivity index (χ2v) is 44.7. The van der Waals surface area contributed by atoms with E-state index in [1.54, 1.807) is 80.4 Å². The van der Waals surface area contributed by atoms with E-state index in [0.717, 1.165) is 79.3 Å². The first-order valence-corrected chi connectivity index (χ1v) is 41.0. The highest BCUT2D eigenvalue weighted by Crippen LogP contribution is 2.31. The molecule has 9 aromatic heterocycles. The fraction of sp³-hybridized carbons (Fsp3) is 0.500. The van der Waals surface area contributed by atoms with Crippen molar-refractivity contribution < 1.29 is 33.3 Å². The minimum Gasteiger partial charge on any atom is -0.443 e. The lowest BCUT2D eigenvalue weighted by atomic mass is 10.2. The van der Waals surface area contributed by atoms with Gasteiger partial charge in [-0.2, -0.15) is 20.3 Å². The summed E-state index contributed by atoms with van der Waals surface area (Å²) in [5.41, 5.74) is 13.9. The lowest BCUT2D eigenvalue weighted by molar-refractivity contribution is 0.0537. The van der Waals surface area contributed by atoms with Crippen LogP contribution in [0.4, 0.5) is 21.2 Å². The summed E-state index contributed by atoms with van der Waals surface area (Å²) in [7, 11) is 2.18. The zero-order chi connectivity index (χ0) is 64.5. The van der Waals surface area contributed by atoms with Gasteiger partial charge in [-0.1, -0.05) is 58.9 Å². The molecule has 0 unspecified atom stereocenters. The number of carbonyl (C=O) groups excluding carboxylic acids is 2. The molecule has 0 atom stereocenters. The van der Waals surface area contributed by atoms with Crippen molar-refractivity contribution in [3.63, 3.8) is 0 Å². The number of anilines is 2. The number of ether oxygens (including phenoxy) is 5. The van der Waals surface area contributed by atoms with E-state index in [0.29, 0.717) is 61.6 Å². The van der Waals surface area contributed by atoms with Gasteiger partial charge in [0.2, 0.25) is 0 Å². The Balaban J connectivity index is 0.000000190. The molecule has 0 radical (unpaired) electrons. The van der Waals surface area contributed by atoms with E-state index in [4.69, 9.17) is 29.5 Å². The number of hydrogen-bond donors (Lipinski definition) is 3. The average Bonchev–Trinajstić information content (AvgIpc) is 1.74. The number of fused-ring (bicyclic) bond motifs is 3. The molecule has 0 saturated heterocycles. The molecule has 30 heteroatoms. The topological polar surface area (TPSA) is 279 Å². The smallest absolute Gasteiger partial charge is 0.430 e. The Bertz CT molecular complexity index is 3800. The van der Waals surface area contributed by atoms with Gasteiger partial charge in [0.15, 0.2) is 28.6 Å². The van der Waals surface area contributed by atoms with E-state index in [2.05, 4.69) is 135 Å². The molecule has 476 valence electrons. The zero-order valence-electron chi connectivity index (χ0n) is 54.3. The van der Waals surface area contributed by atoms with Crippen LogP contribution < -0.4 is 21.7 Å². The number of carbonyl (C=O) groups is 2. The second kappa shape index (κ2) is 28.5. The van der Waals surface area contributed by atoms with Crippen LogP contribution in [0, 0.1) is 0 Å².